The number of hydrogen-bond acceptors (Lipinski definition) is 5. The van der Waals surface area contributed by atoms with Crippen molar-refractivity contribution in [1.82, 2.24) is 9.97 Å². The van der Waals surface area contributed by atoms with Crippen molar-refractivity contribution in [2.45, 2.75) is 43.4 Å². The van der Waals surface area contributed by atoms with Crippen molar-refractivity contribution in [1.29, 1.82) is 0 Å². The maximum absolute atomic E-state index is 12.9. The van der Waals surface area contributed by atoms with Crippen molar-refractivity contribution in [3.05, 3.63) is 90.4 Å². The zero-order valence-corrected chi connectivity index (χ0v) is 20.8. The van der Waals surface area contributed by atoms with Gasteiger partial charge >= 0.3 is 0 Å². The van der Waals surface area contributed by atoms with Crippen molar-refractivity contribution in [3.63, 3.8) is 0 Å². The highest BCUT2D eigenvalue weighted by Crippen LogP contribution is 2.48. The van der Waals surface area contributed by atoms with E-state index in [0.717, 1.165) is 47.7 Å². The Balaban J connectivity index is 1.24. The number of unbranched alkanes of at least 4 members (excludes halogenated alkanes) is 1. The van der Waals surface area contributed by atoms with Gasteiger partial charge < -0.3 is 5.32 Å². The highest BCUT2D eigenvalue weighted by atomic mass is 32.2. The number of nitrogens with zero attached hydrogens (tertiary/aromatic N) is 2. The molecule has 2 N–H and O–H groups in total. The third kappa shape index (κ3) is 5.23. The summed E-state index contributed by atoms with van der Waals surface area (Å²) in [5, 5.41) is 5.26. The molecule has 0 aliphatic heterocycles. The molecule has 1 amide bonds. The minimum Gasteiger partial charge on any atom is -0.326 e. The van der Waals surface area contributed by atoms with Crippen LogP contribution in [0.15, 0.2) is 84.1 Å². The van der Waals surface area contributed by atoms with E-state index in [-0.39, 0.29) is 28.5 Å². The Morgan fingerprint density at radius 3 is 2.64 bits per heavy atom. The lowest BCUT2D eigenvalue weighted by molar-refractivity contribution is -0.117. The van der Waals surface area contributed by atoms with Crippen molar-refractivity contribution < 1.29 is 13.2 Å². The zero-order valence-electron chi connectivity index (χ0n) is 20.0. The van der Waals surface area contributed by atoms with Crippen molar-refractivity contribution in [2.75, 3.05) is 10.0 Å². The quantitative estimate of drug-likeness (QED) is 0.315. The van der Waals surface area contributed by atoms with Crippen LogP contribution in [0.25, 0.3) is 10.8 Å². The predicted molar refractivity (Wildman–Crippen MR) is 141 cm³/mol. The second-order valence-corrected chi connectivity index (χ2v) is 10.8. The highest BCUT2D eigenvalue weighted by Gasteiger charge is 2.44. The van der Waals surface area contributed by atoms with Crippen LogP contribution in [0, 0.1) is 5.92 Å². The SMILES string of the molecule is CCCCc1cncc2ccc(NC(=O)[C@@H]3C[C@H]3c3ccc(S(=O)(=O)Nc4ccccn4)cc3)cc12. The number of anilines is 2. The predicted octanol–water partition coefficient (Wildman–Crippen LogP) is 5.52. The number of carbonyl (C=O) groups is 1. The average Bonchev–Trinajstić information content (AvgIpc) is 3.69. The topological polar surface area (TPSA) is 101 Å². The number of fused-ring (bicyclic) bond motifs is 1. The second kappa shape index (κ2) is 10.1. The molecule has 8 heteroatoms. The lowest BCUT2D eigenvalue weighted by Gasteiger charge is -2.10. The summed E-state index contributed by atoms with van der Waals surface area (Å²) >= 11 is 0. The molecule has 2 aromatic heterocycles. The molecule has 2 heterocycles. The number of amides is 1. The van der Waals surface area contributed by atoms with Crippen molar-refractivity contribution >= 4 is 38.2 Å². The van der Waals surface area contributed by atoms with Crippen LogP contribution < -0.4 is 10.0 Å². The molecular weight excluding hydrogens is 472 g/mol. The van der Waals surface area contributed by atoms with E-state index >= 15 is 0 Å². The second-order valence-electron chi connectivity index (χ2n) is 9.17. The standard InChI is InChI=1S/C28H28N4O3S/c1-2-3-6-20-17-29-18-21-8-11-22(15-24(20)21)31-28(33)26-16-25(26)19-9-12-23(13-10-19)36(34,35)32-27-7-4-5-14-30-27/h4-5,7-15,17-18,25-26H,2-3,6,16H2,1H3,(H,30,32)(H,31,33)/t25-,26+/m0/s1. The van der Waals surface area contributed by atoms with Crippen LogP contribution >= 0.6 is 0 Å². The van der Waals surface area contributed by atoms with Crippen LogP contribution in [-0.4, -0.2) is 24.3 Å². The normalized spacial score (nSPS) is 17.0. The molecule has 1 aliphatic carbocycles. The molecule has 1 aliphatic rings. The van der Waals surface area contributed by atoms with Crippen LogP contribution in [-0.2, 0) is 21.2 Å². The first kappa shape index (κ1) is 23.9. The molecule has 0 spiro atoms. The van der Waals surface area contributed by atoms with Crippen LogP contribution in [0.3, 0.4) is 0 Å². The number of aromatic nitrogens is 2. The number of carbonyl (C=O) groups excluding carboxylic acids is 1. The number of aryl methyl sites for hydroxylation is 1. The molecule has 0 unspecified atom stereocenters. The van der Waals surface area contributed by atoms with Gasteiger partial charge in [0, 0.05) is 35.6 Å². The van der Waals surface area contributed by atoms with Gasteiger partial charge in [0.15, 0.2) is 0 Å². The van der Waals surface area contributed by atoms with E-state index in [1.807, 2.05) is 30.6 Å². The summed E-state index contributed by atoms with van der Waals surface area (Å²) in [5.74, 6) is 0.196. The molecule has 4 aromatic rings. The number of pyridine rings is 2. The van der Waals surface area contributed by atoms with Gasteiger partial charge in [-0.05, 0) is 78.1 Å². The Morgan fingerprint density at radius 1 is 1.06 bits per heavy atom. The third-order valence-electron chi connectivity index (χ3n) is 6.56. The fourth-order valence-electron chi connectivity index (χ4n) is 4.47. The van der Waals surface area contributed by atoms with E-state index in [4.69, 9.17) is 0 Å². The lowest BCUT2D eigenvalue weighted by Crippen LogP contribution is -2.15. The summed E-state index contributed by atoms with van der Waals surface area (Å²) in [5.41, 5.74) is 2.94. The van der Waals surface area contributed by atoms with E-state index in [1.54, 1.807) is 42.5 Å². The Morgan fingerprint density at radius 2 is 1.89 bits per heavy atom. The maximum atomic E-state index is 12.9. The zero-order chi connectivity index (χ0) is 25.1. The van der Waals surface area contributed by atoms with Crippen LogP contribution in [0.1, 0.15) is 43.2 Å². The fraction of sp³-hybridized carbons (Fsp3) is 0.250. The van der Waals surface area contributed by atoms with Gasteiger partial charge in [0.1, 0.15) is 5.82 Å². The third-order valence-corrected chi connectivity index (χ3v) is 7.93. The summed E-state index contributed by atoms with van der Waals surface area (Å²) in [6.45, 7) is 2.17. The summed E-state index contributed by atoms with van der Waals surface area (Å²) in [4.78, 5) is 21.5. The summed E-state index contributed by atoms with van der Waals surface area (Å²) < 4.78 is 27.7. The van der Waals surface area contributed by atoms with E-state index in [2.05, 4.69) is 26.9 Å². The van der Waals surface area contributed by atoms with Gasteiger partial charge in [0.05, 0.1) is 4.90 Å². The summed E-state index contributed by atoms with van der Waals surface area (Å²) in [6.07, 6.45) is 9.21. The van der Waals surface area contributed by atoms with Gasteiger partial charge in [-0.25, -0.2) is 13.4 Å². The molecular formula is C28H28N4O3S. The Labute approximate surface area is 211 Å². The molecule has 1 fully saturated rings. The first-order chi connectivity index (χ1) is 17.4. The number of sulfonamides is 1. The molecule has 36 heavy (non-hydrogen) atoms. The van der Waals surface area contributed by atoms with Gasteiger partial charge in [-0.15, -0.1) is 0 Å². The molecule has 0 saturated heterocycles. The van der Waals surface area contributed by atoms with Crippen LogP contribution in [0.2, 0.25) is 0 Å². The minimum absolute atomic E-state index is 0.0166. The smallest absolute Gasteiger partial charge is 0.263 e. The van der Waals surface area contributed by atoms with Gasteiger partial charge in [-0.3, -0.25) is 14.5 Å². The van der Waals surface area contributed by atoms with Crippen LogP contribution in [0.5, 0.6) is 0 Å². The molecule has 1 saturated carbocycles. The first-order valence-corrected chi connectivity index (χ1v) is 13.6. The fourth-order valence-corrected chi connectivity index (χ4v) is 5.48. The van der Waals surface area contributed by atoms with E-state index < -0.39 is 10.0 Å². The first-order valence-electron chi connectivity index (χ1n) is 12.2. The Kier molecular flexibility index (Phi) is 6.69. The number of hydrogen-bond donors (Lipinski definition) is 2. The maximum Gasteiger partial charge on any atom is 0.263 e. The Bertz CT molecular complexity index is 1490. The van der Waals surface area contributed by atoms with Gasteiger partial charge in [0.2, 0.25) is 5.91 Å². The minimum atomic E-state index is -3.73. The van der Waals surface area contributed by atoms with Gasteiger partial charge in [-0.2, -0.15) is 0 Å². The average molecular weight is 501 g/mol. The van der Waals surface area contributed by atoms with Crippen molar-refractivity contribution in [3.8, 4) is 0 Å². The molecule has 2 atom stereocenters. The van der Waals surface area contributed by atoms with Crippen molar-refractivity contribution in [2.24, 2.45) is 5.92 Å². The molecule has 0 radical (unpaired) electrons. The lowest BCUT2D eigenvalue weighted by atomic mass is 10.0. The molecule has 0 bridgehead atoms. The number of nitrogens with one attached hydrogen (secondary N) is 2. The van der Waals surface area contributed by atoms with E-state index in [0.29, 0.717) is 0 Å². The molecule has 2 aromatic carbocycles. The number of rotatable bonds is 9. The van der Waals surface area contributed by atoms with E-state index in [1.165, 1.54) is 11.8 Å². The van der Waals surface area contributed by atoms with Gasteiger partial charge in [0.25, 0.3) is 10.0 Å². The highest BCUT2D eigenvalue weighted by molar-refractivity contribution is 7.92. The summed E-state index contributed by atoms with van der Waals surface area (Å²) in [7, 11) is -3.73. The molecule has 5 rings (SSSR count). The monoisotopic (exact) mass is 500 g/mol. The largest absolute Gasteiger partial charge is 0.326 e. The number of benzene rings is 2. The van der Waals surface area contributed by atoms with E-state index in [9.17, 15) is 13.2 Å². The molecule has 184 valence electrons. The summed E-state index contributed by atoms with van der Waals surface area (Å²) in [6, 6.07) is 17.7. The van der Waals surface area contributed by atoms with Crippen LogP contribution in [0.4, 0.5) is 11.5 Å². The molecule has 7 nitrogen and oxygen atoms in total. The Hall–Kier alpha value is -3.78. The van der Waals surface area contributed by atoms with Gasteiger partial charge in [-0.1, -0.05) is 37.6 Å².